The van der Waals surface area contributed by atoms with Crippen molar-refractivity contribution >= 4 is 34.1 Å². The van der Waals surface area contributed by atoms with Gasteiger partial charge in [0, 0.05) is 49.3 Å². The molecule has 1 saturated carbocycles. The molecule has 2 fully saturated rings. The van der Waals surface area contributed by atoms with Crippen molar-refractivity contribution in [2.24, 2.45) is 5.41 Å². The van der Waals surface area contributed by atoms with E-state index in [1.807, 2.05) is 0 Å². The van der Waals surface area contributed by atoms with E-state index in [4.69, 9.17) is 23.7 Å². The standard InChI is InChI=1S/C35H34F2N4O7/c36-22-2-4-23(5-3-22)39-33(42)35(9-10-35)34(43)40-24-6-7-27(25(37)20-24)48-28-8-11-38-26-21-29(31-32(30(26)28)47-19-18-46-31)45-15-1-12-41-13-16-44-17-14-41/h2-8,11,20-21H,1,9-10,12-19H2,(H,39,42)(H,40,43). The van der Waals surface area contributed by atoms with Gasteiger partial charge in [-0.15, -0.1) is 0 Å². The molecule has 0 bridgehead atoms. The van der Waals surface area contributed by atoms with E-state index < -0.39 is 28.9 Å². The van der Waals surface area contributed by atoms with Gasteiger partial charge in [0.25, 0.3) is 0 Å². The molecule has 7 rings (SSSR count). The van der Waals surface area contributed by atoms with E-state index in [9.17, 15) is 14.0 Å². The number of nitrogens with zero attached hydrogens (tertiary/aromatic N) is 2. The third kappa shape index (κ3) is 6.69. The maximum atomic E-state index is 15.4. The number of pyridine rings is 1. The molecule has 13 heteroatoms. The van der Waals surface area contributed by atoms with Crippen molar-refractivity contribution in [2.75, 3.05) is 63.3 Å². The highest BCUT2D eigenvalue weighted by Crippen LogP contribution is 2.49. The van der Waals surface area contributed by atoms with Gasteiger partial charge in [-0.25, -0.2) is 8.78 Å². The Balaban J connectivity index is 1.04. The molecule has 48 heavy (non-hydrogen) atoms. The molecule has 1 aliphatic carbocycles. The molecular weight excluding hydrogens is 626 g/mol. The van der Waals surface area contributed by atoms with Crippen molar-refractivity contribution in [1.82, 2.24) is 9.88 Å². The number of carbonyl (C=O) groups is 2. The molecule has 2 N–H and O–H groups in total. The molecule has 0 radical (unpaired) electrons. The SMILES string of the molecule is O=C(Nc1ccc(F)cc1)C1(C(=O)Nc2ccc(Oc3ccnc4cc(OCCCN5CCOCC5)c5c(c34)OCCO5)c(F)c2)CC1. The summed E-state index contributed by atoms with van der Waals surface area (Å²) in [5.74, 6) is -0.678. The Morgan fingerprint density at radius 1 is 0.833 bits per heavy atom. The van der Waals surface area contributed by atoms with Crippen LogP contribution in [0.25, 0.3) is 10.9 Å². The monoisotopic (exact) mass is 660 g/mol. The second kappa shape index (κ2) is 13.6. The lowest BCUT2D eigenvalue weighted by Gasteiger charge is -2.26. The largest absolute Gasteiger partial charge is 0.489 e. The fourth-order valence-electron chi connectivity index (χ4n) is 5.76. The second-order valence-corrected chi connectivity index (χ2v) is 11.8. The maximum Gasteiger partial charge on any atom is 0.240 e. The number of fused-ring (bicyclic) bond motifs is 3. The lowest BCUT2D eigenvalue weighted by Crippen LogP contribution is -2.37. The summed E-state index contributed by atoms with van der Waals surface area (Å²) in [7, 11) is 0. The smallest absolute Gasteiger partial charge is 0.240 e. The molecule has 4 aromatic rings. The molecule has 250 valence electrons. The Kier molecular flexibility index (Phi) is 8.96. The Morgan fingerprint density at radius 2 is 1.54 bits per heavy atom. The summed E-state index contributed by atoms with van der Waals surface area (Å²) in [5, 5.41) is 5.80. The fraction of sp³-hybridized carbons (Fsp3) is 0.343. The van der Waals surface area contributed by atoms with Crippen molar-refractivity contribution in [3.8, 4) is 28.7 Å². The van der Waals surface area contributed by atoms with Crippen LogP contribution in [0.2, 0.25) is 0 Å². The highest BCUT2D eigenvalue weighted by Gasteiger charge is 2.56. The number of hydrogen-bond donors (Lipinski definition) is 2. The van der Waals surface area contributed by atoms with E-state index in [1.165, 1.54) is 36.4 Å². The summed E-state index contributed by atoms with van der Waals surface area (Å²) < 4.78 is 58.2. The van der Waals surface area contributed by atoms with Crippen LogP contribution >= 0.6 is 0 Å². The van der Waals surface area contributed by atoms with Gasteiger partial charge in [0.1, 0.15) is 30.2 Å². The number of anilines is 2. The zero-order chi connectivity index (χ0) is 33.1. The molecular formula is C35H34F2N4O7. The summed E-state index contributed by atoms with van der Waals surface area (Å²) in [6, 6.07) is 12.6. The first-order chi connectivity index (χ1) is 23.4. The molecule has 3 heterocycles. The van der Waals surface area contributed by atoms with Gasteiger partial charge in [-0.05, 0) is 61.7 Å². The maximum absolute atomic E-state index is 15.4. The van der Waals surface area contributed by atoms with Crippen LogP contribution in [-0.4, -0.2) is 74.4 Å². The van der Waals surface area contributed by atoms with E-state index in [-0.39, 0.29) is 11.4 Å². The number of amides is 2. The van der Waals surface area contributed by atoms with E-state index in [0.29, 0.717) is 72.3 Å². The zero-order valence-electron chi connectivity index (χ0n) is 26.1. The van der Waals surface area contributed by atoms with Crippen LogP contribution in [0.1, 0.15) is 19.3 Å². The van der Waals surface area contributed by atoms with Gasteiger partial charge in [0.2, 0.25) is 17.6 Å². The Labute approximate surface area is 275 Å². The predicted molar refractivity (Wildman–Crippen MR) is 172 cm³/mol. The lowest BCUT2D eigenvalue weighted by molar-refractivity contribution is -0.131. The molecule has 11 nitrogen and oxygen atoms in total. The van der Waals surface area contributed by atoms with Crippen LogP contribution in [0.5, 0.6) is 28.7 Å². The van der Waals surface area contributed by atoms with Gasteiger partial charge in [-0.3, -0.25) is 19.5 Å². The molecule has 1 aromatic heterocycles. The number of aromatic nitrogens is 1. The minimum absolute atomic E-state index is 0.0930. The number of rotatable bonds is 11. The molecule has 0 atom stereocenters. The van der Waals surface area contributed by atoms with Crippen LogP contribution in [-0.2, 0) is 14.3 Å². The van der Waals surface area contributed by atoms with Gasteiger partial charge in [0.05, 0.1) is 30.7 Å². The number of morpholine rings is 1. The highest BCUT2D eigenvalue weighted by molar-refractivity contribution is 6.16. The molecule has 2 amide bonds. The number of halogens is 2. The molecule has 3 aromatic carbocycles. The summed E-state index contributed by atoms with van der Waals surface area (Å²) in [6.07, 6.45) is 3.04. The van der Waals surface area contributed by atoms with Crippen molar-refractivity contribution in [1.29, 1.82) is 0 Å². The molecule has 0 spiro atoms. The molecule has 2 aliphatic heterocycles. The van der Waals surface area contributed by atoms with Crippen molar-refractivity contribution in [2.45, 2.75) is 19.3 Å². The van der Waals surface area contributed by atoms with Gasteiger partial charge < -0.3 is 34.3 Å². The summed E-state index contributed by atoms with van der Waals surface area (Å²) >= 11 is 0. The summed E-state index contributed by atoms with van der Waals surface area (Å²) in [5.41, 5.74) is -0.228. The van der Waals surface area contributed by atoms with Crippen LogP contribution < -0.4 is 29.6 Å². The third-order valence-electron chi connectivity index (χ3n) is 8.55. The summed E-state index contributed by atoms with van der Waals surface area (Å²) in [4.78, 5) is 32.8. The number of hydrogen-bond acceptors (Lipinski definition) is 9. The molecule has 0 unspecified atom stereocenters. The zero-order valence-corrected chi connectivity index (χ0v) is 26.1. The first kappa shape index (κ1) is 31.6. The van der Waals surface area contributed by atoms with Crippen molar-refractivity contribution in [3.63, 3.8) is 0 Å². The van der Waals surface area contributed by atoms with Gasteiger partial charge in [0.15, 0.2) is 23.1 Å². The van der Waals surface area contributed by atoms with E-state index in [2.05, 4.69) is 20.5 Å². The number of ether oxygens (including phenoxy) is 5. The minimum atomic E-state index is -1.29. The van der Waals surface area contributed by atoms with Crippen molar-refractivity contribution in [3.05, 3.63) is 72.4 Å². The highest BCUT2D eigenvalue weighted by atomic mass is 19.1. The molecule has 3 aliphatic rings. The Bertz CT molecular complexity index is 1830. The summed E-state index contributed by atoms with van der Waals surface area (Å²) in [6.45, 7) is 5.33. The number of carbonyl (C=O) groups excluding carboxylic acids is 2. The average Bonchev–Trinajstić information content (AvgIpc) is 3.92. The van der Waals surface area contributed by atoms with E-state index in [0.717, 1.165) is 45.3 Å². The van der Waals surface area contributed by atoms with E-state index >= 15 is 4.39 Å². The van der Waals surface area contributed by atoms with Crippen LogP contribution in [0.15, 0.2) is 60.8 Å². The topological polar surface area (TPSA) is 120 Å². The first-order valence-electron chi connectivity index (χ1n) is 15.9. The van der Waals surface area contributed by atoms with Crippen LogP contribution in [0.4, 0.5) is 20.2 Å². The Morgan fingerprint density at radius 3 is 2.27 bits per heavy atom. The Hall–Kier alpha value is -5.01. The fourth-order valence-corrected chi connectivity index (χ4v) is 5.76. The number of benzene rings is 3. The van der Waals surface area contributed by atoms with Gasteiger partial charge >= 0.3 is 0 Å². The quantitative estimate of drug-likeness (QED) is 0.158. The van der Waals surface area contributed by atoms with Gasteiger partial charge in [-0.2, -0.15) is 0 Å². The minimum Gasteiger partial charge on any atom is -0.489 e. The van der Waals surface area contributed by atoms with Crippen molar-refractivity contribution < 1.29 is 42.1 Å². The van der Waals surface area contributed by atoms with Gasteiger partial charge in [-0.1, -0.05) is 0 Å². The van der Waals surface area contributed by atoms with Crippen LogP contribution in [0.3, 0.4) is 0 Å². The second-order valence-electron chi connectivity index (χ2n) is 11.8. The lowest BCUT2D eigenvalue weighted by atomic mass is 10.0. The number of nitrogens with one attached hydrogen (secondary N) is 2. The first-order valence-corrected chi connectivity index (χ1v) is 15.9. The van der Waals surface area contributed by atoms with E-state index in [1.54, 1.807) is 18.3 Å². The normalized spacial score (nSPS) is 16.6. The van der Waals surface area contributed by atoms with Crippen LogP contribution in [0, 0.1) is 17.0 Å². The third-order valence-corrected chi connectivity index (χ3v) is 8.55. The predicted octanol–water partition coefficient (Wildman–Crippen LogP) is 5.54. The molecule has 1 saturated heterocycles. The average molecular weight is 661 g/mol.